The van der Waals surface area contributed by atoms with Crippen molar-refractivity contribution in [3.05, 3.63) is 16.5 Å². The van der Waals surface area contributed by atoms with E-state index in [4.69, 9.17) is 11.6 Å². The Labute approximate surface area is 128 Å². The van der Waals surface area contributed by atoms with Crippen LogP contribution >= 0.6 is 11.6 Å². The van der Waals surface area contributed by atoms with Gasteiger partial charge in [-0.15, -0.1) is 0 Å². The lowest BCUT2D eigenvalue weighted by Gasteiger charge is -2.31. The fourth-order valence-electron chi connectivity index (χ4n) is 1.79. The van der Waals surface area contributed by atoms with E-state index in [1.165, 1.54) is 4.90 Å². The van der Waals surface area contributed by atoms with Gasteiger partial charge >= 0.3 is 6.18 Å². The van der Waals surface area contributed by atoms with Crippen LogP contribution in [0.25, 0.3) is 0 Å². The molecule has 0 aliphatic carbocycles. The molecule has 0 unspecified atom stereocenters. The van der Waals surface area contributed by atoms with Crippen LogP contribution in [0.3, 0.4) is 0 Å². The van der Waals surface area contributed by atoms with Gasteiger partial charge in [-0.05, 0) is 20.8 Å². The summed E-state index contributed by atoms with van der Waals surface area (Å²) in [5.74, 6) is 0.674. The lowest BCUT2D eigenvalue weighted by atomic mass is 9.95. The molecule has 0 N–H and O–H groups in total. The molecule has 0 bridgehead atoms. The molecule has 1 aromatic heterocycles. The first kappa shape index (κ1) is 18.0. The maximum absolute atomic E-state index is 12.8. The number of aromatic nitrogens is 2. The molecule has 0 amide bonds. The van der Waals surface area contributed by atoms with Crippen LogP contribution in [0.15, 0.2) is 0 Å². The molecule has 0 saturated carbocycles. The fourth-order valence-corrected chi connectivity index (χ4v) is 1.95. The predicted octanol–water partition coefficient (Wildman–Crippen LogP) is 4.51. The topological polar surface area (TPSA) is 29.0 Å². The van der Waals surface area contributed by atoms with E-state index in [2.05, 4.69) is 9.97 Å². The molecule has 0 atom stereocenters. The van der Waals surface area contributed by atoms with Crippen LogP contribution in [0.1, 0.15) is 46.0 Å². The van der Waals surface area contributed by atoms with Crippen molar-refractivity contribution in [1.82, 2.24) is 9.97 Å². The van der Waals surface area contributed by atoms with Gasteiger partial charge in [-0.3, -0.25) is 0 Å². The Balaban J connectivity index is 3.40. The second-order valence-corrected chi connectivity index (χ2v) is 6.73. The molecule has 0 aliphatic rings. The van der Waals surface area contributed by atoms with Crippen molar-refractivity contribution in [2.24, 2.45) is 0 Å². The number of halogens is 4. The Bertz CT molecular complexity index is 507. The molecule has 7 heteroatoms. The summed E-state index contributed by atoms with van der Waals surface area (Å²) >= 11 is 6.09. The van der Waals surface area contributed by atoms with Crippen LogP contribution in [-0.4, -0.2) is 28.7 Å². The van der Waals surface area contributed by atoms with Gasteiger partial charge in [0.2, 0.25) is 0 Å². The van der Waals surface area contributed by atoms with Crippen LogP contribution in [0.5, 0.6) is 0 Å². The van der Waals surface area contributed by atoms with Gasteiger partial charge in [0.1, 0.15) is 23.3 Å². The average Bonchev–Trinajstić information content (AvgIpc) is 2.27. The highest BCUT2D eigenvalue weighted by Gasteiger charge is 2.34. The number of anilines is 1. The van der Waals surface area contributed by atoms with E-state index in [1.54, 1.807) is 20.8 Å². The lowest BCUT2D eigenvalue weighted by Crippen LogP contribution is -2.40. The maximum atomic E-state index is 12.8. The molecule has 3 nitrogen and oxygen atoms in total. The summed E-state index contributed by atoms with van der Waals surface area (Å²) in [4.78, 5) is 9.74. The third-order valence-electron chi connectivity index (χ3n) is 2.98. The van der Waals surface area contributed by atoms with E-state index >= 15 is 0 Å². The van der Waals surface area contributed by atoms with Crippen LogP contribution in [0.2, 0.25) is 5.15 Å². The van der Waals surface area contributed by atoms with Gasteiger partial charge in [0.15, 0.2) is 0 Å². The van der Waals surface area contributed by atoms with E-state index in [-0.39, 0.29) is 17.0 Å². The SMILES string of the molecule is Cc1c(Cl)nc(C(C)(C)C)nc1N(CC(F)(F)F)C(C)C. The van der Waals surface area contributed by atoms with Crippen molar-refractivity contribution in [2.45, 2.75) is 59.2 Å². The summed E-state index contributed by atoms with van der Waals surface area (Å²) < 4.78 is 38.4. The summed E-state index contributed by atoms with van der Waals surface area (Å²) in [6, 6.07) is -0.357. The molecule has 0 fully saturated rings. The molecule has 0 saturated heterocycles. The molecular formula is C14H21ClF3N3. The van der Waals surface area contributed by atoms with Gasteiger partial charge < -0.3 is 4.90 Å². The number of rotatable bonds is 3. The first-order valence-corrected chi connectivity index (χ1v) is 7.08. The first-order valence-electron chi connectivity index (χ1n) is 6.71. The minimum absolute atomic E-state index is 0.192. The zero-order valence-corrected chi connectivity index (χ0v) is 13.9. The molecule has 1 aromatic rings. The van der Waals surface area contributed by atoms with E-state index in [9.17, 15) is 13.2 Å². The van der Waals surface area contributed by atoms with E-state index in [0.29, 0.717) is 11.4 Å². The molecule has 1 rings (SSSR count). The molecular weight excluding hydrogens is 303 g/mol. The predicted molar refractivity (Wildman–Crippen MR) is 79.0 cm³/mol. The second kappa shape index (κ2) is 5.99. The summed E-state index contributed by atoms with van der Waals surface area (Å²) in [5.41, 5.74) is 0.0649. The normalized spacial score (nSPS) is 12.9. The Morgan fingerprint density at radius 1 is 1.14 bits per heavy atom. The van der Waals surface area contributed by atoms with Crippen molar-refractivity contribution < 1.29 is 13.2 Å². The maximum Gasteiger partial charge on any atom is 0.405 e. The van der Waals surface area contributed by atoms with E-state index in [0.717, 1.165) is 0 Å². The summed E-state index contributed by atoms with van der Waals surface area (Å²) in [5, 5.41) is 0.192. The molecule has 120 valence electrons. The van der Waals surface area contributed by atoms with Gasteiger partial charge in [0.05, 0.1) is 0 Å². The quantitative estimate of drug-likeness (QED) is 0.766. The van der Waals surface area contributed by atoms with Gasteiger partial charge in [-0.25, -0.2) is 9.97 Å². The van der Waals surface area contributed by atoms with Crippen LogP contribution in [0, 0.1) is 6.92 Å². The summed E-state index contributed by atoms with van der Waals surface area (Å²) in [6.45, 7) is 9.62. The van der Waals surface area contributed by atoms with Crippen molar-refractivity contribution >= 4 is 17.4 Å². The largest absolute Gasteiger partial charge is 0.405 e. The number of hydrogen-bond donors (Lipinski definition) is 0. The molecule has 0 spiro atoms. The van der Waals surface area contributed by atoms with Crippen molar-refractivity contribution in [3.63, 3.8) is 0 Å². The smallest absolute Gasteiger partial charge is 0.345 e. The number of alkyl halides is 3. The fraction of sp³-hybridized carbons (Fsp3) is 0.714. The average molecular weight is 324 g/mol. The highest BCUT2D eigenvalue weighted by molar-refractivity contribution is 6.30. The Morgan fingerprint density at radius 2 is 1.67 bits per heavy atom. The minimum atomic E-state index is -4.31. The van der Waals surface area contributed by atoms with Crippen molar-refractivity contribution in [1.29, 1.82) is 0 Å². The van der Waals surface area contributed by atoms with Crippen LogP contribution in [-0.2, 0) is 5.41 Å². The molecule has 0 aliphatic heterocycles. The number of nitrogens with zero attached hydrogens (tertiary/aromatic N) is 3. The Morgan fingerprint density at radius 3 is 2.05 bits per heavy atom. The zero-order valence-electron chi connectivity index (χ0n) is 13.1. The standard InChI is InChI=1S/C14H21ClF3N3/c1-8(2)21(7-14(16,17)18)11-9(3)10(15)19-12(20-11)13(4,5)6/h8H,7H2,1-6H3. The zero-order chi connectivity index (χ0) is 16.6. The molecule has 1 heterocycles. The first-order chi connectivity index (χ1) is 9.33. The van der Waals surface area contributed by atoms with Crippen LogP contribution < -0.4 is 4.90 Å². The van der Waals surface area contributed by atoms with Gasteiger partial charge in [0.25, 0.3) is 0 Å². The van der Waals surface area contributed by atoms with E-state index in [1.807, 2.05) is 20.8 Å². The van der Waals surface area contributed by atoms with Crippen molar-refractivity contribution in [3.8, 4) is 0 Å². The molecule has 21 heavy (non-hydrogen) atoms. The van der Waals surface area contributed by atoms with E-state index < -0.39 is 18.1 Å². The van der Waals surface area contributed by atoms with Gasteiger partial charge in [0, 0.05) is 17.0 Å². The van der Waals surface area contributed by atoms with Gasteiger partial charge in [-0.2, -0.15) is 13.2 Å². The summed E-state index contributed by atoms with van der Waals surface area (Å²) in [6.07, 6.45) is -4.31. The third-order valence-corrected chi connectivity index (χ3v) is 3.34. The Hall–Kier alpha value is -1.04. The van der Waals surface area contributed by atoms with Gasteiger partial charge in [-0.1, -0.05) is 32.4 Å². The van der Waals surface area contributed by atoms with Crippen LogP contribution in [0.4, 0.5) is 19.0 Å². The highest BCUT2D eigenvalue weighted by atomic mass is 35.5. The van der Waals surface area contributed by atoms with Crippen molar-refractivity contribution in [2.75, 3.05) is 11.4 Å². The lowest BCUT2D eigenvalue weighted by molar-refractivity contribution is -0.120. The minimum Gasteiger partial charge on any atom is -0.345 e. The summed E-state index contributed by atoms with van der Waals surface area (Å²) in [7, 11) is 0. The molecule has 0 radical (unpaired) electrons. The molecule has 0 aromatic carbocycles. The number of hydrogen-bond acceptors (Lipinski definition) is 3. The monoisotopic (exact) mass is 323 g/mol. The Kier molecular flexibility index (Phi) is 5.13. The third kappa shape index (κ3) is 4.73. The highest BCUT2D eigenvalue weighted by Crippen LogP contribution is 2.31. The second-order valence-electron chi connectivity index (χ2n) is 6.37.